The molecule has 0 bridgehead atoms. The lowest BCUT2D eigenvalue weighted by Crippen LogP contribution is -2.38. The zero-order valence-corrected chi connectivity index (χ0v) is 30.6. The summed E-state index contributed by atoms with van der Waals surface area (Å²) in [4.78, 5) is 57.1. The molecule has 3 aliphatic heterocycles. The summed E-state index contributed by atoms with van der Waals surface area (Å²) in [5, 5.41) is 17.5. The Hall–Kier alpha value is -3.58. The Kier molecular flexibility index (Phi) is 11.7. The van der Waals surface area contributed by atoms with Crippen LogP contribution in [0.1, 0.15) is 51.4 Å². The first kappa shape index (κ1) is 36.2. The molecule has 12 heteroatoms. The van der Waals surface area contributed by atoms with Crippen LogP contribution in [0.25, 0.3) is 32.7 Å². The molecule has 1 aromatic carbocycles. The standard InChI is InChI=1S/C38H56N8O4/c1-41(2)15-11-21-45-35(47)27-25-30(40-14-24-44-19-9-6-10-20-44)34-32-28(36(48)46(38(34)50)22-12-16-42(3)4)26-29(33(31(27)32)37(45)49)39-13-23-43-17-7-5-8-18-43/h25-26,39,48H,5-24H2,1-4H3. The van der Waals surface area contributed by atoms with Crippen molar-refractivity contribution in [2.24, 2.45) is 4.99 Å². The number of hydrogen-bond donors (Lipinski definition) is 2. The van der Waals surface area contributed by atoms with Crippen molar-refractivity contribution in [1.82, 2.24) is 28.7 Å². The Bertz CT molecular complexity index is 1960. The fraction of sp³-hybridized carbons (Fsp3) is 0.632. The molecule has 1 aliphatic carbocycles. The number of piperidine rings is 2. The highest BCUT2D eigenvalue weighted by molar-refractivity contribution is 6.18. The van der Waals surface area contributed by atoms with Gasteiger partial charge in [0.15, 0.2) is 0 Å². The van der Waals surface area contributed by atoms with Crippen LogP contribution in [0.3, 0.4) is 0 Å². The van der Waals surface area contributed by atoms with Crippen molar-refractivity contribution < 1.29 is 5.11 Å². The average Bonchev–Trinajstić information content (AvgIpc) is 3.10. The molecule has 272 valence electrons. The van der Waals surface area contributed by atoms with Crippen LogP contribution in [0.2, 0.25) is 0 Å². The van der Waals surface area contributed by atoms with E-state index in [0.717, 1.165) is 52.4 Å². The fourth-order valence-electron chi connectivity index (χ4n) is 7.95. The number of hydrogen-bond acceptors (Lipinski definition) is 10. The summed E-state index contributed by atoms with van der Waals surface area (Å²) in [6.07, 6.45) is 8.53. The number of likely N-dealkylation sites (tertiary alicyclic amines) is 2. The number of aromatic nitrogens is 2. The maximum absolute atomic E-state index is 14.4. The Morgan fingerprint density at radius 1 is 0.700 bits per heavy atom. The molecule has 12 nitrogen and oxygen atoms in total. The van der Waals surface area contributed by atoms with E-state index in [1.165, 1.54) is 47.7 Å². The molecule has 0 amide bonds. The second-order valence-corrected chi connectivity index (χ2v) is 14.9. The normalized spacial score (nSPS) is 17.0. The molecule has 50 heavy (non-hydrogen) atoms. The van der Waals surface area contributed by atoms with Gasteiger partial charge in [-0.2, -0.15) is 0 Å². The van der Waals surface area contributed by atoms with Crippen LogP contribution in [0.5, 0.6) is 5.88 Å². The van der Waals surface area contributed by atoms with Gasteiger partial charge in [-0.05, 0) is 118 Å². The van der Waals surface area contributed by atoms with E-state index in [-0.39, 0.29) is 29.1 Å². The maximum Gasteiger partial charge on any atom is 0.263 e. The van der Waals surface area contributed by atoms with E-state index in [1.807, 2.05) is 39.2 Å². The highest BCUT2D eigenvalue weighted by Crippen LogP contribution is 2.40. The van der Waals surface area contributed by atoms with Gasteiger partial charge in [-0.1, -0.05) is 12.8 Å². The van der Waals surface area contributed by atoms with E-state index >= 15 is 0 Å². The molecule has 0 saturated carbocycles. The molecule has 4 aliphatic rings. The van der Waals surface area contributed by atoms with Gasteiger partial charge >= 0.3 is 0 Å². The monoisotopic (exact) mass is 688 g/mol. The summed E-state index contributed by atoms with van der Waals surface area (Å²) in [6, 6.07) is 3.57. The van der Waals surface area contributed by atoms with Crippen molar-refractivity contribution in [3.8, 4) is 17.0 Å². The lowest BCUT2D eigenvalue weighted by atomic mass is 9.89. The average molecular weight is 689 g/mol. The first-order chi connectivity index (χ1) is 24.2. The van der Waals surface area contributed by atoms with Crippen molar-refractivity contribution in [2.45, 2.75) is 64.5 Å². The van der Waals surface area contributed by atoms with Gasteiger partial charge in [0.05, 0.1) is 28.2 Å². The van der Waals surface area contributed by atoms with Crippen molar-refractivity contribution in [3.05, 3.63) is 48.6 Å². The van der Waals surface area contributed by atoms with Crippen LogP contribution in [-0.4, -0.2) is 127 Å². The second-order valence-electron chi connectivity index (χ2n) is 14.9. The van der Waals surface area contributed by atoms with Crippen molar-refractivity contribution in [1.29, 1.82) is 0 Å². The molecule has 2 fully saturated rings. The van der Waals surface area contributed by atoms with Gasteiger partial charge < -0.3 is 30.0 Å². The van der Waals surface area contributed by atoms with Crippen molar-refractivity contribution >= 4 is 27.2 Å². The van der Waals surface area contributed by atoms with Crippen LogP contribution in [0.4, 0.5) is 5.69 Å². The molecule has 4 heterocycles. The van der Waals surface area contributed by atoms with Gasteiger partial charge in [-0.15, -0.1) is 0 Å². The molecule has 2 N–H and O–H groups in total. The number of nitrogens with one attached hydrogen (secondary N) is 1. The Balaban J connectivity index is 1.57. The molecule has 0 spiro atoms. The SMILES string of the molecule is CN(C)CCCn1c(O)c2cc(NCCN3CCCCC3)c3c4c2c(c(=NCCN2CCCCC2)cc-4c(=O)n(CCCN(C)C)c3=O)c1=O. The smallest absolute Gasteiger partial charge is 0.263 e. The largest absolute Gasteiger partial charge is 0.494 e. The molecular formula is C38H56N8O4. The van der Waals surface area contributed by atoms with E-state index < -0.39 is 0 Å². The van der Waals surface area contributed by atoms with E-state index in [1.54, 1.807) is 6.07 Å². The van der Waals surface area contributed by atoms with Gasteiger partial charge in [0.1, 0.15) is 0 Å². The Labute approximate surface area is 294 Å². The predicted molar refractivity (Wildman–Crippen MR) is 203 cm³/mol. The molecule has 0 atom stereocenters. The zero-order chi connectivity index (χ0) is 35.4. The molecule has 1 aromatic heterocycles. The minimum atomic E-state index is -0.378. The van der Waals surface area contributed by atoms with Gasteiger partial charge in [-0.3, -0.25) is 28.5 Å². The maximum atomic E-state index is 14.4. The van der Waals surface area contributed by atoms with E-state index in [2.05, 4.69) is 20.0 Å². The third-order valence-corrected chi connectivity index (χ3v) is 10.6. The highest BCUT2D eigenvalue weighted by Gasteiger charge is 2.29. The van der Waals surface area contributed by atoms with Gasteiger partial charge in [0, 0.05) is 54.7 Å². The van der Waals surface area contributed by atoms with E-state index in [4.69, 9.17) is 4.99 Å². The molecule has 0 unspecified atom stereocenters. The van der Waals surface area contributed by atoms with Crippen LogP contribution in [-0.2, 0) is 13.1 Å². The quantitative estimate of drug-likeness (QED) is 0.182. The number of pyridine rings is 2. The number of aromatic hydroxyl groups is 1. The van der Waals surface area contributed by atoms with E-state index in [0.29, 0.717) is 76.2 Å². The third-order valence-electron chi connectivity index (χ3n) is 10.6. The number of nitrogens with zero attached hydrogens (tertiary/aromatic N) is 7. The third kappa shape index (κ3) is 7.68. The minimum Gasteiger partial charge on any atom is -0.494 e. The lowest BCUT2D eigenvalue weighted by Gasteiger charge is -2.27. The summed E-state index contributed by atoms with van der Waals surface area (Å²) in [7, 11) is 7.92. The van der Waals surface area contributed by atoms with Crippen LogP contribution < -0.4 is 27.4 Å². The summed E-state index contributed by atoms with van der Waals surface area (Å²) in [5.41, 5.74) is 0.298. The molecule has 6 rings (SSSR count). The van der Waals surface area contributed by atoms with Crippen molar-refractivity contribution in [3.63, 3.8) is 0 Å². The summed E-state index contributed by atoms with van der Waals surface area (Å²) >= 11 is 0. The fourth-order valence-corrected chi connectivity index (χ4v) is 7.95. The second kappa shape index (κ2) is 16.2. The molecule has 0 radical (unpaired) electrons. The van der Waals surface area contributed by atoms with Gasteiger partial charge in [-0.25, -0.2) is 0 Å². The first-order valence-corrected chi connectivity index (χ1v) is 18.7. The predicted octanol–water partition coefficient (Wildman–Crippen LogP) is 2.55. The van der Waals surface area contributed by atoms with E-state index in [9.17, 15) is 19.5 Å². The summed E-state index contributed by atoms with van der Waals surface area (Å²) in [6.45, 7) is 8.97. The van der Waals surface area contributed by atoms with Crippen LogP contribution in [0, 0.1) is 0 Å². The molecule has 2 aromatic rings. The molecule has 2 saturated heterocycles. The lowest BCUT2D eigenvalue weighted by molar-refractivity contribution is 0.234. The Morgan fingerprint density at radius 2 is 1.28 bits per heavy atom. The zero-order valence-electron chi connectivity index (χ0n) is 30.6. The first-order valence-electron chi connectivity index (χ1n) is 18.7. The van der Waals surface area contributed by atoms with Gasteiger partial charge in [0.25, 0.3) is 16.7 Å². The number of anilines is 1. The number of benzene rings is 2. The number of rotatable bonds is 15. The van der Waals surface area contributed by atoms with Crippen LogP contribution in [0.15, 0.2) is 31.5 Å². The van der Waals surface area contributed by atoms with Gasteiger partial charge in [0.2, 0.25) is 5.88 Å². The minimum absolute atomic E-state index is 0.142. The van der Waals surface area contributed by atoms with Crippen molar-refractivity contribution in [2.75, 3.05) is 99.0 Å². The van der Waals surface area contributed by atoms with Crippen LogP contribution >= 0.6 is 0 Å². The summed E-state index contributed by atoms with van der Waals surface area (Å²) < 4.78 is 2.81. The Morgan fingerprint density at radius 3 is 1.90 bits per heavy atom. The summed E-state index contributed by atoms with van der Waals surface area (Å²) in [5.74, 6) is -0.142. The topological polar surface area (TPSA) is 119 Å². The molecular weight excluding hydrogens is 632 g/mol. The highest BCUT2D eigenvalue weighted by atomic mass is 16.3.